The van der Waals surface area contributed by atoms with E-state index < -0.39 is 0 Å². The van der Waals surface area contributed by atoms with E-state index in [-0.39, 0.29) is 17.4 Å². The summed E-state index contributed by atoms with van der Waals surface area (Å²) in [5, 5.41) is 2.94. The Labute approximate surface area is 182 Å². The standard InChI is InChI=1S/C24H28N6O/c25-23-22(28-21(17-27-23)20-9-5-2-6-10-20)24(31)26-11-12-29-13-15-30(16-14-29)18-19-7-3-1-4-8-19/h1-10,17H,11-16,18H2,(H2,25,27)(H,26,31). The van der Waals surface area contributed by atoms with Crippen molar-refractivity contribution in [1.29, 1.82) is 0 Å². The number of amides is 1. The third kappa shape index (κ3) is 5.65. The van der Waals surface area contributed by atoms with Gasteiger partial charge in [0, 0.05) is 51.4 Å². The maximum atomic E-state index is 12.6. The summed E-state index contributed by atoms with van der Waals surface area (Å²) in [6.07, 6.45) is 1.59. The molecule has 2 heterocycles. The van der Waals surface area contributed by atoms with Gasteiger partial charge in [0.15, 0.2) is 11.5 Å². The van der Waals surface area contributed by atoms with Gasteiger partial charge in [0.05, 0.1) is 11.9 Å². The second kappa shape index (κ2) is 10.1. The molecule has 4 rings (SSSR count). The molecule has 1 aromatic heterocycles. The van der Waals surface area contributed by atoms with Crippen molar-refractivity contribution in [3.8, 4) is 11.3 Å². The number of hydrogen-bond acceptors (Lipinski definition) is 6. The molecule has 2 aromatic carbocycles. The number of nitrogens with two attached hydrogens (primary N) is 1. The molecule has 31 heavy (non-hydrogen) atoms. The molecule has 0 unspecified atom stereocenters. The summed E-state index contributed by atoms with van der Waals surface area (Å²) in [5.41, 5.74) is 8.97. The molecular weight excluding hydrogens is 388 g/mol. The Bertz CT molecular complexity index is 987. The van der Waals surface area contributed by atoms with Crippen LogP contribution in [0.4, 0.5) is 5.82 Å². The molecule has 1 aliphatic rings. The SMILES string of the molecule is Nc1ncc(-c2ccccc2)nc1C(=O)NCCN1CCN(Cc2ccccc2)CC1. The van der Waals surface area contributed by atoms with Gasteiger partial charge in [-0.25, -0.2) is 9.97 Å². The van der Waals surface area contributed by atoms with Gasteiger partial charge in [-0.05, 0) is 5.56 Å². The topological polar surface area (TPSA) is 87.4 Å². The molecule has 0 spiro atoms. The Balaban J connectivity index is 1.25. The second-order valence-electron chi connectivity index (χ2n) is 7.71. The number of anilines is 1. The average molecular weight is 417 g/mol. The zero-order valence-electron chi connectivity index (χ0n) is 17.6. The molecule has 1 amide bonds. The minimum absolute atomic E-state index is 0.145. The van der Waals surface area contributed by atoms with Crippen molar-refractivity contribution in [2.24, 2.45) is 0 Å². The van der Waals surface area contributed by atoms with Crippen molar-refractivity contribution in [3.05, 3.63) is 78.1 Å². The molecule has 0 atom stereocenters. The molecule has 7 heteroatoms. The Morgan fingerprint density at radius 1 is 0.935 bits per heavy atom. The highest BCUT2D eigenvalue weighted by molar-refractivity contribution is 5.96. The molecule has 1 fully saturated rings. The summed E-state index contributed by atoms with van der Waals surface area (Å²) in [5.74, 6) is -0.141. The van der Waals surface area contributed by atoms with E-state index in [0.717, 1.165) is 44.8 Å². The number of rotatable bonds is 7. The molecule has 0 radical (unpaired) electrons. The van der Waals surface area contributed by atoms with Crippen molar-refractivity contribution in [2.45, 2.75) is 6.54 Å². The Morgan fingerprint density at radius 2 is 1.58 bits per heavy atom. The second-order valence-corrected chi connectivity index (χ2v) is 7.71. The van der Waals surface area contributed by atoms with Gasteiger partial charge in [-0.3, -0.25) is 14.6 Å². The quantitative estimate of drug-likeness (QED) is 0.614. The van der Waals surface area contributed by atoms with Gasteiger partial charge < -0.3 is 11.1 Å². The highest BCUT2D eigenvalue weighted by Crippen LogP contribution is 2.18. The van der Waals surface area contributed by atoms with Crippen LogP contribution in [0.3, 0.4) is 0 Å². The molecular formula is C24H28N6O. The maximum Gasteiger partial charge on any atom is 0.273 e. The van der Waals surface area contributed by atoms with E-state index in [1.165, 1.54) is 5.56 Å². The summed E-state index contributed by atoms with van der Waals surface area (Å²) in [6, 6.07) is 20.2. The molecule has 0 aliphatic carbocycles. The summed E-state index contributed by atoms with van der Waals surface area (Å²) >= 11 is 0. The van der Waals surface area contributed by atoms with Crippen LogP contribution in [-0.4, -0.2) is 64.9 Å². The number of aromatic nitrogens is 2. The maximum absolute atomic E-state index is 12.6. The number of nitrogen functional groups attached to an aromatic ring is 1. The van der Waals surface area contributed by atoms with E-state index in [4.69, 9.17) is 5.73 Å². The summed E-state index contributed by atoms with van der Waals surface area (Å²) in [4.78, 5) is 26.1. The van der Waals surface area contributed by atoms with E-state index in [9.17, 15) is 4.79 Å². The normalized spacial score (nSPS) is 15.0. The van der Waals surface area contributed by atoms with Gasteiger partial charge >= 0.3 is 0 Å². The summed E-state index contributed by atoms with van der Waals surface area (Å²) in [6.45, 7) is 6.38. The van der Waals surface area contributed by atoms with Gasteiger partial charge in [0.25, 0.3) is 5.91 Å². The van der Waals surface area contributed by atoms with Crippen LogP contribution in [0.25, 0.3) is 11.3 Å². The minimum atomic E-state index is -0.287. The zero-order chi connectivity index (χ0) is 21.5. The first-order chi connectivity index (χ1) is 15.2. The Kier molecular flexibility index (Phi) is 6.86. The fourth-order valence-electron chi connectivity index (χ4n) is 3.74. The number of nitrogens with one attached hydrogen (secondary N) is 1. The zero-order valence-corrected chi connectivity index (χ0v) is 17.6. The van der Waals surface area contributed by atoms with Crippen LogP contribution in [0, 0.1) is 0 Å². The number of carbonyl (C=O) groups excluding carboxylic acids is 1. The first-order valence-corrected chi connectivity index (χ1v) is 10.6. The number of piperazine rings is 1. The van der Waals surface area contributed by atoms with Crippen molar-refractivity contribution in [1.82, 2.24) is 25.1 Å². The van der Waals surface area contributed by atoms with Gasteiger partial charge in [-0.2, -0.15) is 0 Å². The summed E-state index contributed by atoms with van der Waals surface area (Å²) < 4.78 is 0. The van der Waals surface area contributed by atoms with Gasteiger partial charge in [-0.15, -0.1) is 0 Å². The third-order valence-electron chi connectivity index (χ3n) is 5.51. The highest BCUT2D eigenvalue weighted by Gasteiger charge is 2.18. The Morgan fingerprint density at radius 3 is 2.29 bits per heavy atom. The first-order valence-electron chi connectivity index (χ1n) is 10.6. The molecule has 0 bridgehead atoms. The molecule has 3 N–H and O–H groups in total. The van der Waals surface area contributed by atoms with Crippen LogP contribution in [-0.2, 0) is 6.54 Å². The van der Waals surface area contributed by atoms with E-state index in [1.807, 2.05) is 36.4 Å². The van der Waals surface area contributed by atoms with Crippen LogP contribution in [0.5, 0.6) is 0 Å². The van der Waals surface area contributed by atoms with Crippen LogP contribution in [0.2, 0.25) is 0 Å². The van der Waals surface area contributed by atoms with Gasteiger partial charge in [0.2, 0.25) is 0 Å². The van der Waals surface area contributed by atoms with E-state index in [2.05, 4.69) is 49.4 Å². The number of benzene rings is 2. The minimum Gasteiger partial charge on any atom is -0.382 e. The molecule has 7 nitrogen and oxygen atoms in total. The third-order valence-corrected chi connectivity index (χ3v) is 5.51. The Hall–Kier alpha value is -3.29. The predicted octanol–water partition coefficient (Wildman–Crippen LogP) is 2.27. The monoisotopic (exact) mass is 416 g/mol. The lowest BCUT2D eigenvalue weighted by molar-refractivity contribution is 0.0930. The van der Waals surface area contributed by atoms with E-state index in [1.54, 1.807) is 6.20 Å². The summed E-state index contributed by atoms with van der Waals surface area (Å²) in [7, 11) is 0. The van der Waals surface area contributed by atoms with E-state index in [0.29, 0.717) is 12.2 Å². The molecule has 1 aliphatic heterocycles. The van der Waals surface area contributed by atoms with Crippen LogP contribution in [0.1, 0.15) is 16.1 Å². The fraction of sp³-hybridized carbons (Fsp3) is 0.292. The van der Waals surface area contributed by atoms with Crippen LogP contribution >= 0.6 is 0 Å². The van der Waals surface area contributed by atoms with Gasteiger partial charge in [0.1, 0.15) is 0 Å². The van der Waals surface area contributed by atoms with Crippen molar-refractivity contribution in [2.75, 3.05) is 45.0 Å². The number of carbonyl (C=O) groups is 1. The first kappa shape index (κ1) is 21.0. The van der Waals surface area contributed by atoms with Gasteiger partial charge in [-0.1, -0.05) is 60.7 Å². The highest BCUT2D eigenvalue weighted by atomic mass is 16.1. The number of nitrogens with zero attached hydrogens (tertiary/aromatic N) is 4. The van der Waals surface area contributed by atoms with Crippen LogP contribution in [0.15, 0.2) is 66.9 Å². The number of hydrogen-bond donors (Lipinski definition) is 2. The van der Waals surface area contributed by atoms with Crippen molar-refractivity contribution >= 4 is 11.7 Å². The largest absolute Gasteiger partial charge is 0.382 e. The molecule has 160 valence electrons. The lowest BCUT2D eigenvalue weighted by Gasteiger charge is -2.34. The smallest absolute Gasteiger partial charge is 0.273 e. The fourth-order valence-corrected chi connectivity index (χ4v) is 3.74. The molecule has 0 saturated carbocycles. The molecule has 1 saturated heterocycles. The van der Waals surface area contributed by atoms with Crippen LogP contribution < -0.4 is 11.1 Å². The lowest BCUT2D eigenvalue weighted by atomic mass is 10.1. The average Bonchev–Trinajstić information content (AvgIpc) is 2.82. The van der Waals surface area contributed by atoms with E-state index >= 15 is 0 Å². The van der Waals surface area contributed by atoms with Crippen molar-refractivity contribution in [3.63, 3.8) is 0 Å². The van der Waals surface area contributed by atoms with Crippen molar-refractivity contribution < 1.29 is 4.79 Å². The molecule has 3 aromatic rings. The predicted molar refractivity (Wildman–Crippen MR) is 122 cm³/mol. The lowest BCUT2D eigenvalue weighted by Crippen LogP contribution is -2.48.